The maximum absolute atomic E-state index is 12.6. The van der Waals surface area contributed by atoms with Crippen molar-refractivity contribution in [2.24, 2.45) is 0 Å². The minimum absolute atomic E-state index is 0.0821. The van der Waals surface area contributed by atoms with Gasteiger partial charge in [0.25, 0.3) is 5.91 Å². The van der Waals surface area contributed by atoms with Gasteiger partial charge in [-0.2, -0.15) is 0 Å². The Balaban J connectivity index is 2.08. The van der Waals surface area contributed by atoms with Crippen molar-refractivity contribution in [3.05, 3.63) is 32.7 Å². The average Bonchev–Trinajstić information content (AvgIpc) is 2.49. The van der Waals surface area contributed by atoms with Crippen LogP contribution < -0.4 is 0 Å². The van der Waals surface area contributed by atoms with Gasteiger partial charge in [0.05, 0.1) is 31.8 Å². The quantitative estimate of drug-likeness (QED) is 0.705. The highest BCUT2D eigenvalue weighted by molar-refractivity contribution is 9.11. The molecular formula is C14H15Br2NO4. The van der Waals surface area contributed by atoms with Crippen molar-refractivity contribution in [1.29, 1.82) is 0 Å². The molecule has 1 unspecified atom stereocenters. The zero-order valence-corrected chi connectivity index (χ0v) is 14.6. The van der Waals surface area contributed by atoms with Gasteiger partial charge in [-0.15, -0.1) is 0 Å². The fourth-order valence-corrected chi connectivity index (χ4v) is 2.91. The molecule has 1 amide bonds. The molecule has 0 bridgehead atoms. The van der Waals surface area contributed by atoms with Crippen molar-refractivity contribution < 1.29 is 19.1 Å². The molecule has 21 heavy (non-hydrogen) atoms. The van der Waals surface area contributed by atoms with Crippen LogP contribution in [0.2, 0.25) is 0 Å². The minimum atomic E-state index is -0.335. The third-order valence-corrected chi connectivity index (χ3v) is 4.39. The van der Waals surface area contributed by atoms with Crippen LogP contribution in [0.15, 0.2) is 27.1 Å². The Kier molecular flexibility index (Phi) is 5.78. The Morgan fingerprint density at radius 2 is 2.19 bits per heavy atom. The lowest BCUT2D eigenvalue weighted by molar-refractivity contribution is -0.145. The molecule has 1 aromatic carbocycles. The average molecular weight is 421 g/mol. The third kappa shape index (κ3) is 4.28. The van der Waals surface area contributed by atoms with E-state index in [2.05, 4.69) is 36.6 Å². The van der Waals surface area contributed by atoms with Crippen LogP contribution in [-0.2, 0) is 14.3 Å². The van der Waals surface area contributed by atoms with E-state index in [-0.39, 0.29) is 24.4 Å². The first-order valence-corrected chi connectivity index (χ1v) is 8.02. The van der Waals surface area contributed by atoms with E-state index in [0.717, 1.165) is 8.95 Å². The smallest absolute Gasteiger partial charge is 0.308 e. The zero-order chi connectivity index (χ0) is 15.4. The highest BCUT2D eigenvalue weighted by Crippen LogP contribution is 2.24. The number of carbonyl (C=O) groups excluding carboxylic acids is 2. The summed E-state index contributed by atoms with van der Waals surface area (Å²) in [5.74, 6) is -0.417. The van der Waals surface area contributed by atoms with E-state index in [9.17, 15) is 9.59 Å². The second-order valence-electron chi connectivity index (χ2n) is 4.65. The van der Waals surface area contributed by atoms with E-state index in [4.69, 9.17) is 4.74 Å². The lowest BCUT2D eigenvalue weighted by atomic mass is 10.1. The Bertz CT molecular complexity index is 550. The lowest BCUT2D eigenvalue weighted by Gasteiger charge is -2.32. The number of ether oxygens (including phenoxy) is 2. The molecule has 0 radical (unpaired) electrons. The van der Waals surface area contributed by atoms with Gasteiger partial charge in [-0.1, -0.05) is 15.9 Å². The molecule has 7 heteroatoms. The fraction of sp³-hybridized carbons (Fsp3) is 0.429. The number of nitrogens with zero attached hydrogens (tertiary/aromatic N) is 1. The first kappa shape index (κ1) is 16.5. The zero-order valence-electron chi connectivity index (χ0n) is 11.5. The van der Waals surface area contributed by atoms with Crippen LogP contribution in [0.4, 0.5) is 0 Å². The first-order valence-electron chi connectivity index (χ1n) is 6.44. The molecule has 0 spiro atoms. The van der Waals surface area contributed by atoms with Crippen molar-refractivity contribution in [3.63, 3.8) is 0 Å². The van der Waals surface area contributed by atoms with Gasteiger partial charge >= 0.3 is 5.97 Å². The predicted octanol–water partition coefficient (Wildman–Crippen LogP) is 2.62. The normalized spacial score (nSPS) is 18.4. The summed E-state index contributed by atoms with van der Waals surface area (Å²) in [5.41, 5.74) is 0.586. The number of carbonyl (C=O) groups is 2. The van der Waals surface area contributed by atoms with Crippen molar-refractivity contribution in [2.75, 3.05) is 26.8 Å². The Morgan fingerprint density at radius 1 is 1.43 bits per heavy atom. The number of morpholine rings is 1. The molecule has 1 aliphatic rings. The number of halogens is 2. The molecule has 2 rings (SSSR count). The molecule has 5 nitrogen and oxygen atoms in total. The summed E-state index contributed by atoms with van der Waals surface area (Å²) in [5, 5.41) is 0. The molecule has 114 valence electrons. The van der Waals surface area contributed by atoms with E-state index in [0.29, 0.717) is 25.3 Å². The number of amides is 1. The molecule has 1 atom stereocenters. The van der Waals surface area contributed by atoms with Crippen LogP contribution in [0, 0.1) is 0 Å². The molecule has 1 heterocycles. The van der Waals surface area contributed by atoms with Gasteiger partial charge in [-0.25, -0.2) is 0 Å². The van der Waals surface area contributed by atoms with Crippen molar-refractivity contribution in [2.45, 2.75) is 12.5 Å². The number of esters is 1. The number of methoxy groups -OCH3 is 1. The van der Waals surface area contributed by atoms with Crippen LogP contribution in [-0.4, -0.2) is 49.7 Å². The van der Waals surface area contributed by atoms with Crippen molar-refractivity contribution in [3.8, 4) is 0 Å². The van der Waals surface area contributed by atoms with E-state index in [1.165, 1.54) is 7.11 Å². The van der Waals surface area contributed by atoms with Crippen molar-refractivity contribution >= 4 is 43.7 Å². The van der Waals surface area contributed by atoms with Gasteiger partial charge in [0.15, 0.2) is 0 Å². The van der Waals surface area contributed by atoms with Crippen LogP contribution in [0.5, 0.6) is 0 Å². The molecule has 1 aromatic rings. The van der Waals surface area contributed by atoms with E-state index >= 15 is 0 Å². The molecule has 0 saturated carbocycles. The van der Waals surface area contributed by atoms with E-state index < -0.39 is 0 Å². The highest BCUT2D eigenvalue weighted by Gasteiger charge is 2.27. The summed E-state index contributed by atoms with van der Waals surface area (Å²) < 4.78 is 11.7. The number of hydrogen-bond acceptors (Lipinski definition) is 4. The van der Waals surface area contributed by atoms with Gasteiger partial charge in [0.1, 0.15) is 0 Å². The topological polar surface area (TPSA) is 55.8 Å². The van der Waals surface area contributed by atoms with Gasteiger partial charge in [-0.05, 0) is 34.1 Å². The summed E-state index contributed by atoms with van der Waals surface area (Å²) >= 11 is 6.76. The minimum Gasteiger partial charge on any atom is -0.469 e. The first-order chi connectivity index (χ1) is 10.0. The molecule has 1 saturated heterocycles. The number of hydrogen-bond donors (Lipinski definition) is 0. The number of rotatable bonds is 3. The van der Waals surface area contributed by atoms with Crippen LogP contribution in [0.3, 0.4) is 0 Å². The van der Waals surface area contributed by atoms with Crippen LogP contribution >= 0.6 is 31.9 Å². The standard InChI is InChI=1S/C14H15Br2NO4/c1-20-13(18)7-10-8-17(4-5-21-10)14(19)11-6-9(15)2-3-12(11)16/h2-3,6,10H,4-5,7-8H2,1H3. The van der Waals surface area contributed by atoms with Gasteiger partial charge < -0.3 is 14.4 Å². The lowest BCUT2D eigenvalue weighted by Crippen LogP contribution is -2.46. The fourth-order valence-electron chi connectivity index (χ4n) is 2.13. The largest absolute Gasteiger partial charge is 0.469 e. The van der Waals surface area contributed by atoms with E-state index in [1.807, 2.05) is 12.1 Å². The molecule has 0 N–H and O–H groups in total. The Hall–Kier alpha value is -0.920. The van der Waals surface area contributed by atoms with Gasteiger partial charge in [-0.3, -0.25) is 9.59 Å². The molecule has 1 fully saturated rings. The number of benzene rings is 1. The SMILES string of the molecule is COC(=O)CC1CN(C(=O)c2cc(Br)ccc2Br)CCO1. The van der Waals surface area contributed by atoms with Gasteiger partial charge in [0.2, 0.25) is 0 Å². The maximum atomic E-state index is 12.6. The summed E-state index contributed by atoms with van der Waals surface area (Å²) in [6.45, 7) is 1.31. The summed E-state index contributed by atoms with van der Waals surface area (Å²) in [6, 6.07) is 5.46. The molecule has 1 aliphatic heterocycles. The van der Waals surface area contributed by atoms with Crippen LogP contribution in [0.1, 0.15) is 16.8 Å². The second kappa shape index (κ2) is 7.38. The summed E-state index contributed by atoms with van der Waals surface area (Å²) in [7, 11) is 1.34. The second-order valence-corrected chi connectivity index (χ2v) is 6.42. The maximum Gasteiger partial charge on any atom is 0.308 e. The van der Waals surface area contributed by atoms with E-state index in [1.54, 1.807) is 11.0 Å². The van der Waals surface area contributed by atoms with Gasteiger partial charge in [0, 0.05) is 22.0 Å². The highest BCUT2D eigenvalue weighted by atomic mass is 79.9. The van der Waals surface area contributed by atoms with Crippen LogP contribution in [0.25, 0.3) is 0 Å². The third-order valence-electron chi connectivity index (χ3n) is 3.21. The monoisotopic (exact) mass is 419 g/mol. The molecule has 0 aliphatic carbocycles. The Labute approximate surface area is 139 Å². The summed E-state index contributed by atoms with van der Waals surface area (Å²) in [6.07, 6.45) is -0.166. The summed E-state index contributed by atoms with van der Waals surface area (Å²) in [4.78, 5) is 25.6. The molecule has 0 aromatic heterocycles. The molecular weight excluding hydrogens is 406 g/mol. The van der Waals surface area contributed by atoms with Crippen molar-refractivity contribution in [1.82, 2.24) is 4.90 Å². The Morgan fingerprint density at radius 3 is 2.90 bits per heavy atom. The predicted molar refractivity (Wildman–Crippen MR) is 84.1 cm³/mol.